The van der Waals surface area contributed by atoms with Crippen molar-refractivity contribution in [1.29, 1.82) is 0 Å². The number of aromatic nitrogens is 3. The van der Waals surface area contributed by atoms with Crippen molar-refractivity contribution in [3.05, 3.63) is 59.2 Å². The molecule has 0 radical (unpaired) electrons. The maximum atomic E-state index is 13.0. The zero-order valence-corrected chi connectivity index (χ0v) is 15.7. The van der Waals surface area contributed by atoms with Gasteiger partial charge in [0, 0.05) is 50.4 Å². The number of rotatable bonds is 2. The molecule has 28 heavy (non-hydrogen) atoms. The van der Waals surface area contributed by atoms with E-state index in [9.17, 15) is 14.0 Å². The normalized spacial score (nSPS) is 14.5. The number of benzene rings is 1. The zero-order chi connectivity index (χ0) is 19.8. The molecule has 3 heterocycles. The Morgan fingerprint density at radius 3 is 2.14 bits per heavy atom. The van der Waals surface area contributed by atoms with E-state index in [4.69, 9.17) is 0 Å². The molecule has 0 N–H and O–H groups in total. The van der Waals surface area contributed by atoms with Crippen LogP contribution < -0.4 is 0 Å². The summed E-state index contributed by atoms with van der Waals surface area (Å²) in [5.41, 5.74) is 2.53. The van der Waals surface area contributed by atoms with Crippen LogP contribution in [0.5, 0.6) is 0 Å². The molecular weight excluding hydrogens is 361 g/mol. The molecule has 2 amide bonds. The van der Waals surface area contributed by atoms with Gasteiger partial charge in [-0.05, 0) is 37.3 Å². The van der Waals surface area contributed by atoms with Crippen LogP contribution in [0.3, 0.4) is 0 Å². The van der Waals surface area contributed by atoms with Crippen molar-refractivity contribution in [3.63, 3.8) is 0 Å². The summed E-state index contributed by atoms with van der Waals surface area (Å²) in [5, 5.41) is 5.19. The number of nitrogens with zero attached hydrogens (tertiary/aromatic N) is 5. The van der Waals surface area contributed by atoms with Crippen LogP contribution in [0.1, 0.15) is 26.4 Å². The second kappa shape index (κ2) is 7.03. The summed E-state index contributed by atoms with van der Waals surface area (Å²) in [4.78, 5) is 33.2. The van der Waals surface area contributed by atoms with Crippen LogP contribution in [0.15, 0.2) is 36.5 Å². The standard InChI is InChI=1S/C20H20FN5O2/c1-13-17-11-15(12-22-18(17)24(2)23-13)20(28)26-9-7-25(8-10-26)19(27)14-3-5-16(21)6-4-14/h3-6,11-12H,7-10H2,1-2H3. The Bertz CT molecular complexity index is 1050. The molecule has 1 fully saturated rings. The van der Waals surface area contributed by atoms with Gasteiger partial charge in [0.05, 0.1) is 11.3 Å². The van der Waals surface area contributed by atoms with Gasteiger partial charge in [0.15, 0.2) is 5.65 Å². The quantitative estimate of drug-likeness (QED) is 0.681. The second-order valence-corrected chi connectivity index (χ2v) is 6.90. The van der Waals surface area contributed by atoms with E-state index in [2.05, 4.69) is 10.1 Å². The number of fused-ring (bicyclic) bond motifs is 1. The van der Waals surface area contributed by atoms with Gasteiger partial charge in [-0.25, -0.2) is 9.37 Å². The van der Waals surface area contributed by atoms with Gasteiger partial charge in [-0.15, -0.1) is 0 Å². The Morgan fingerprint density at radius 2 is 1.54 bits per heavy atom. The Morgan fingerprint density at radius 1 is 0.964 bits per heavy atom. The average molecular weight is 381 g/mol. The van der Waals surface area contributed by atoms with E-state index in [1.807, 2.05) is 20.0 Å². The van der Waals surface area contributed by atoms with Crippen LogP contribution in [0, 0.1) is 12.7 Å². The van der Waals surface area contributed by atoms with Crippen LogP contribution in [0.4, 0.5) is 4.39 Å². The monoisotopic (exact) mass is 381 g/mol. The van der Waals surface area contributed by atoms with Crippen LogP contribution in [0.25, 0.3) is 11.0 Å². The number of hydrogen-bond acceptors (Lipinski definition) is 4. The van der Waals surface area contributed by atoms with E-state index in [0.29, 0.717) is 37.3 Å². The molecule has 0 bridgehead atoms. The lowest BCUT2D eigenvalue weighted by Crippen LogP contribution is -2.50. The molecule has 2 aromatic heterocycles. The first-order valence-electron chi connectivity index (χ1n) is 9.07. The van der Waals surface area contributed by atoms with Crippen LogP contribution >= 0.6 is 0 Å². The Hall–Kier alpha value is -3.29. The van der Waals surface area contributed by atoms with E-state index in [-0.39, 0.29) is 17.6 Å². The molecule has 1 aromatic carbocycles. The molecule has 4 rings (SSSR count). The van der Waals surface area contributed by atoms with Crippen molar-refractivity contribution in [3.8, 4) is 0 Å². The predicted octanol–water partition coefficient (Wildman–Crippen LogP) is 2.01. The minimum atomic E-state index is -0.374. The van der Waals surface area contributed by atoms with Crippen molar-refractivity contribution in [1.82, 2.24) is 24.6 Å². The summed E-state index contributed by atoms with van der Waals surface area (Å²) in [7, 11) is 1.82. The molecule has 0 aliphatic carbocycles. The molecule has 0 unspecified atom stereocenters. The van der Waals surface area contributed by atoms with Gasteiger partial charge in [-0.1, -0.05) is 0 Å². The topological polar surface area (TPSA) is 71.3 Å². The summed E-state index contributed by atoms with van der Waals surface area (Å²) in [6.45, 7) is 3.64. The van der Waals surface area contributed by atoms with Crippen LogP contribution in [-0.4, -0.2) is 62.6 Å². The molecule has 8 heteroatoms. The van der Waals surface area contributed by atoms with Crippen molar-refractivity contribution in [2.45, 2.75) is 6.92 Å². The number of amides is 2. The van der Waals surface area contributed by atoms with Gasteiger partial charge in [0.25, 0.3) is 11.8 Å². The van der Waals surface area contributed by atoms with Crippen LogP contribution in [-0.2, 0) is 7.05 Å². The minimum Gasteiger partial charge on any atom is -0.335 e. The minimum absolute atomic E-state index is 0.105. The van der Waals surface area contributed by atoms with Crippen LogP contribution in [0.2, 0.25) is 0 Å². The molecule has 1 saturated heterocycles. The molecule has 1 aliphatic heterocycles. The number of piperazine rings is 1. The van der Waals surface area contributed by atoms with Gasteiger partial charge >= 0.3 is 0 Å². The first kappa shape index (κ1) is 18.1. The summed E-state index contributed by atoms with van der Waals surface area (Å²) in [6.07, 6.45) is 1.57. The lowest BCUT2D eigenvalue weighted by atomic mass is 10.1. The Labute approximate surface area is 161 Å². The number of aryl methyl sites for hydroxylation is 2. The van der Waals surface area contributed by atoms with Crippen molar-refractivity contribution in [2.75, 3.05) is 26.2 Å². The fourth-order valence-electron chi connectivity index (χ4n) is 3.50. The molecule has 1 aliphatic rings. The molecule has 3 aromatic rings. The summed E-state index contributed by atoms with van der Waals surface area (Å²) < 4.78 is 14.7. The number of pyridine rings is 1. The van der Waals surface area contributed by atoms with Crippen molar-refractivity contribution in [2.24, 2.45) is 7.05 Å². The average Bonchev–Trinajstić information content (AvgIpc) is 3.01. The second-order valence-electron chi connectivity index (χ2n) is 6.90. The Kier molecular flexibility index (Phi) is 4.54. The lowest BCUT2D eigenvalue weighted by Gasteiger charge is -2.34. The molecule has 0 spiro atoms. The van der Waals surface area contributed by atoms with Gasteiger partial charge in [0.2, 0.25) is 0 Å². The predicted molar refractivity (Wildman–Crippen MR) is 101 cm³/mol. The van der Waals surface area contributed by atoms with E-state index in [1.54, 1.807) is 20.7 Å². The fourth-order valence-corrected chi connectivity index (χ4v) is 3.50. The number of carbonyl (C=O) groups is 2. The zero-order valence-electron chi connectivity index (χ0n) is 15.7. The van der Waals surface area contributed by atoms with Gasteiger partial charge in [-0.2, -0.15) is 5.10 Å². The highest BCUT2D eigenvalue weighted by Crippen LogP contribution is 2.18. The van der Waals surface area contributed by atoms with E-state index in [0.717, 1.165) is 16.7 Å². The van der Waals surface area contributed by atoms with E-state index in [1.165, 1.54) is 24.3 Å². The smallest absolute Gasteiger partial charge is 0.255 e. The molecule has 144 valence electrons. The van der Waals surface area contributed by atoms with Crippen molar-refractivity contribution >= 4 is 22.8 Å². The van der Waals surface area contributed by atoms with E-state index < -0.39 is 0 Å². The third-order valence-corrected chi connectivity index (χ3v) is 5.06. The molecule has 0 saturated carbocycles. The SMILES string of the molecule is Cc1nn(C)c2ncc(C(=O)N3CCN(C(=O)c4ccc(F)cc4)CC3)cc12. The molecule has 7 nitrogen and oxygen atoms in total. The third-order valence-electron chi connectivity index (χ3n) is 5.06. The maximum Gasteiger partial charge on any atom is 0.255 e. The number of halogens is 1. The van der Waals surface area contributed by atoms with Gasteiger partial charge in [-0.3, -0.25) is 14.3 Å². The highest BCUT2D eigenvalue weighted by molar-refractivity contribution is 5.98. The highest BCUT2D eigenvalue weighted by Gasteiger charge is 2.26. The first-order chi connectivity index (χ1) is 13.4. The summed E-state index contributed by atoms with van der Waals surface area (Å²) in [6, 6.07) is 7.33. The van der Waals surface area contributed by atoms with Gasteiger partial charge < -0.3 is 9.80 Å². The molecule has 0 atom stereocenters. The maximum absolute atomic E-state index is 13.0. The van der Waals surface area contributed by atoms with Crippen molar-refractivity contribution < 1.29 is 14.0 Å². The molecular formula is C20H20FN5O2. The van der Waals surface area contributed by atoms with Gasteiger partial charge in [0.1, 0.15) is 5.82 Å². The summed E-state index contributed by atoms with van der Waals surface area (Å²) >= 11 is 0. The lowest BCUT2D eigenvalue weighted by molar-refractivity contribution is 0.0535. The first-order valence-corrected chi connectivity index (χ1v) is 9.07. The Balaban J connectivity index is 1.44. The number of hydrogen-bond donors (Lipinski definition) is 0. The highest BCUT2D eigenvalue weighted by atomic mass is 19.1. The third kappa shape index (κ3) is 3.21. The number of carbonyl (C=O) groups excluding carboxylic acids is 2. The largest absolute Gasteiger partial charge is 0.335 e. The fraction of sp³-hybridized carbons (Fsp3) is 0.300. The summed E-state index contributed by atoms with van der Waals surface area (Å²) in [5.74, 6) is -0.630. The van der Waals surface area contributed by atoms with E-state index >= 15 is 0 Å².